The van der Waals surface area contributed by atoms with E-state index in [0.717, 1.165) is 3.39 Å². The van der Waals surface area contributed by atoms with Crippen LogP contribution in [-0.4, -0.2) is 17.4 Å². The van der Waals surface area contributed by atoms with Crippen LogP contribution in [0.15, 0.2) is 9.47 Å². The monoisotopic (exact) mass is 338 g/mol. The van der Waals surface area contributed by atoms with Crippen LogP contribution in [0.2, 0.25) is 0 Å². The molecule has 84 valence electrons. The Morgan fingerprint density at radius 2 is 2.00 bits per heavy atom. The smallest absolute Gasteiger partial charge is 0.317 e. The van der Waals surface area contributed by atoms with Crippen LogP contribution >= 0.6 is 31.9 Å². The van der Waals surface area contributed by atoms with Crippen molar-refractivity contribution in [1.29, 1.82) is 0 Å². The van der Waals surface area contributed by atoms with Crippen molar-refractivity contribution in [1.82, 2.24) is 0 Å². The second-order valence-electron chi connectivity index (χ2n) is 4.09. The van der Waals surface area contributed by atoms with Gasteiger partial charge in [0.15, 0.2) is 0 Å². The number of ketones is 1. The van der Waals surface area contributed by atoms with Gasteiger partial charge in [0.2, 0.25) is 0 Å². The number of rotatable bonds is 2. The lowest BCUT2D eigenvalue weighted by Crippen LogP contribution is -2.30. The molecule has 0 saturated carbocycles. The van der Waals surface area contributed by atoms with Crippen molar-refractivity contribution in [2.45, 2.75) is 26.4 Å². The number of cyclic esters (lactones) is 1. The highest BCUT2D eigenvalue weighted by Crippen LogP contribution is 2.40. The summed E-state index contributed by atoms with van der Waals surface area (Å²) in [7, 11) is 0. The predicted molar refractivity (Wildman–Crippen MR) is 63.8 cm³/mol. The summed E-state index contributed by atoms with van der Waals surface area (Å²) in [5, 5.41) is 0. The molecule has 1 fully saturated rings. The van der Waals surface area contributed by atoms with Crippen LogP contribution < -0.4 is 0 Å². The quantitative estimate of drug-likeness (QED) is 0.574. The molecule has 0 N–H and O–H groups in total. The Hall–Kier alpha value is -0.160. The molecule has 15 heavy (non-hydrogen) atoms. The fraction of sp³-hybridized carbons (Fsp3) is 0.600. The lowest BCUT2D eigenvalue weighted by molar-refractivity contribution is -0.149. The third-order valence-corrected chi connectivity index (χ3v) is 3.05. The van der Waals surface area contributed by atoms with Gasteiger partial charge in [-0.3, -0.25) is 9.59 Å². The zero-order valence-electron chi connectivity index (χ0n) is 8.71. The van der Waals surface area contributed by atoms with E-state index in [1.807, 2.05) is 0 Å². The topological polar surface area (TPSA) is 43.4 Å². The zero-order chi connectivity index (χ0) is 11.8. The number of hydrogen-bond acceptors (Lipinski definition) is 3. The zero-order valence-corrected chi connectivity index (χ0v) is 11.9. The number of ether oxygens (including phenoxy) is 1. The van der Waals surface area contributed by atoms with Crippen molar-refractivity contribution in [2.75, 3.05) is 0 Å². The fourth-order valence-corrected chi connectivity index (χ4v) is 2.36. The van der Waals surface area contributed by atoms with E-state index < -0.39 is 17.5 Å². The second kappa shape index (κ2) is 4.37. The van der Waals surface area contributed by atoms with Crippen LogP contribution in [0.5, 0.6) is 0 Å². The first kappa shape index (κ1) is 12.9. The van der Waals surface area contributed by atoms with Crippen molar-refractivity contribution < 1.29 is 14.3 Å². The molecule has 2 atom stereocenters. The third-order valence-electron chi connectivity index (χ3n) is 2.52. The first-order valence-corrected chi connectivity index (χ1v) is 6.10. The molecule has 1 saturated heterocycles. The van der Waals surface area contributed by atoms with Gasteiger partial charge in [-0.1, -0.05) is 6.08 Å². The summed E-state index contributed by atoms with van der Waals surface area (Å²) in [6.45, 7) is 5.02. The van der Waals surface area contributed by atoms with E-state index in [2.05, 4.69) is 31.9 Å². The molecular weight excluding hydrogens is 328 g/mol. The lowest BCUT2D eigenvalue weighted by Gasteiger charge is -2.23. The number of carbonyl (C=O) groups is 2. The summed E-state index contributed by atoms with van der Waals surface area (Å²) in [6, 6.07) is 0. The first-order valence-electron chi connectivity index (χ1n) is 4.52. The maximum Gasteiger partial charge on any atom is 0.317 e. The van der Waals surface area contributed by atoms with Gasteiger partial charge >= 0.3 is 5.97 Å². The maximum atomic E-state index is 11.5. The van der Waals surface area contributed by atoms with E-state index >= 15 is 0 Å². The van der Waals surface area contributed by atoms with Crippen LogP contribution in [-0.2, 0) is 14.3 Å². The SMILES string of the molecule is CC(=O)C1C(=O)OC(C)(C)C1C=C(Br)Br. The van der Waals surface area contributed by atoms with Crippen molar-refractivity contribution in [3.63, 3.8) is 0 Å². The molecule has 0 aromatic rings. The molecule has 1 aliphatic rings. The molecule has 0 spiro atoms. The average Bonchev–Trinajstić information content (AvgIpc) is 2.20. The summed E-state index contributed by atoms with van der Waals surface area (Å²) < 4.78 is 5.91. The van der Waals surface area contributed by atoms with E-state index in [0.29, 0.717) is 0 Å². The van der Waals surface area contributed by atoms with Gasteiger partial charge in [0.1, 0.15) is 17.3 Å². The molecule has 1 rings (SSSR count). The number of Topliss-reactive ketones (excluding diaryl/α,β-unsaturated/α-hetero) is 1. The van der Waals surface area contributed by atoms with Crippen molar-refractivity contribution in [3.05, 3.63) is 9.47 Å². The highest BCUT2D eigenvalue weighted by molar-refractivity contribution is 9.28. The summed E-state index contributed by atoms with van der Waals surface area (Å²) in [5.41, 5.74) is -0.639. The van der Waals surface area contributed by atoms with E-state index in [1.165, 1.54) is 6.92 Å². The average molecular weight is 340 g/mol. The first-order chi connectivity index (χ1) is 6.75. The molecule has 1 heterocycles. The van der Waals surface area contributed by atoms with Crippen LogP contribution in [0.1, 0.15) is 20.8 Å². The second-order valence-corrected chi connectivity index (χ2v) is 6.87. The largest absolute Gasteiger partial charge is 0.458 e. The van der Waals surface area contributed by atoms with Gasteiger partial charge in [-0.25, -0.2) is 0 Å². The van der Waals surface area contributed by atoms with E-state index in [1.54, 1.807) is 19.9 Å². The predicted octanol–water partition coefficient (Wildman–Crippen LogP) is 2.77. The molecule has 1 aliphatic heterocycles. The number of halogens is 2. The fourth-order valence-electron chi connectivity index (χ4n) is 1.79. The van der Waals surface area contributed by atoms with E-state index in [9.17, 15) is 9.59 Å². The molecule has 5 heteroatoms. The minimum Gasteiger partial charge on any atom is -0.458 e. The third kappa shape index (κ3) is 2.69. The van der Waals surface area contributed by atoms with Gasteiger partial charge in [0, 0.05) is 5.92 Å². The Kier molecular flexibility index (Phi) is 3.76. The summed E-state index contributed by atoms with van der Waals surface area (Å²) in [6.07, 6.45) is 1.79. The van der Waals surface area contributed by atoms with Gasteiger partial charge < -0.3 is 4.74 Å². The molecule has 0 aromatic carbocycles. The van der Waals surface area contributed by atoms with Crippen LogP contribution in [0.3, 0.4) is 0 Å². The minimum atomic E-state index is -0.690. The Labute approximate surface area is 105 Å². The van der Waals surface area contributed by atoms with E-state index in [4.69, 9.17) is 4.74 Å². The van der Waals surface area contributed by atoms with Gasteiger partial charge in [0.25, 0.3) is 0 Å². The highest BCUT2D eigenvalue weighted by atomic mass is 79.9. The molecule has 0 amide bonds. The van der Waals surface area contributed by atoms with Crippen LogP contribution in [0, 0.1) is 11.8 Å². The number of carbonyl (C=O) groups excluding carboxylic acids is 2. The molecule has 0 aromatic heterocycles. The molecule has 0 bridgehead atoms. The number of hydrogen-bond donors (Lipinski definition) is 0. The van der Waals surface area contributed by atoms with Crippen molar-refractivity contribution in [2.24, 2.45) is 11.8 Å². The summed E-state index contributed by atoms with van der Waals surface area (Å²) in [5.74, 6) is -1.52. The molecule has 0 radical (unpaired) electrons. The standard InChI is InChI=1S/C10H12Br2O3/c1-5(13)8-6(4-7(11)12)10(2,3)15-9(8)14/h4,6,8H,1-3H3. The lowest BCUT2D eigenvalue weighted by atomic mass is 9.81. The van der Waals surface area contributed by atoms with Gasteiger partial charge in [-0.15, -0.1) is 0 Å². The summed E-state index contributed by atoms with van der Waals surface area (Å²) in [4.78, 5) is 22.9. The molecular formula is C10H12Br2O3. The van der Waals surface area contributed by atoms with Crippen LogP contribution in [0.25, 0.3) is 0 Å². The van der Waals surface area contributed by atoms with Gasteiger partial charge in [0.05, 0.1) is 3.39 Å². The van der Waals surface area contributed by atoms with Crippen LogP contribution in [0.4, 0.5) is 0 Å². The van der Waals surface area contributed by atoms with Crippen molar-refractivity contribution >= 4 is 43.6 Å². The van der Waals surface area contributed by atoms with Crippen molar-refractivity contribution in [3.8, 4) is 0 Å². The maximum absolute atomic E-state index is 11.5. The summed E-state index contributed by atoms with van der Waals surface area (Å²) >= 11 is 6.46. The number of esters is 1. The van der Waals surface area contributed by atoms with Gasteiger partial charge in [-0.05, 0) is 52.6 Å². The Bertz CT molecular complexity index is 330. The molecule has 3 nitrogen and oxygen atoms in total. The molecule has 2 unspecified atom stereocenters. The highest BCUT2D eigenvalue weighted by Gasteiger charge is 2.50. The Morgan fingerprint density at radius 3 is 2.40 bits per heavy atom. The Morgan fingerprint density at radius 1 is 1.47 bits per heavy atom. The molecule has 0 aliphatic carbocycles. The van der Waals surface area contributed by atoms with Gasteiger partial charge in [-0.2, -0.15) is 0 Å². The Balaban J connectivity index is 3.10. The normalized spacial score (nSPS) is 28.5. The van der Waals surface area contributed by atoms with E-state index in [-0.39, 0.29) is 11.7 Å². The minimum absolute atomic E-state index is 0.159.